The molecule has 0 aromatic heterocycles. The Kier molecular flexibility index (Phi) is 4.24. The first-order valence-electron chi connectivity index (χ1n) is 7.79. The van der Waals surface area contributed by atoms with Crippen molar-refractivity contribution < 1.29 is 14.2 Å². The van der Waals surface area contributed by atoms with E-state index >= 15 is 0 Å². The third-order valence-corrected chi connectivity index (χ3v) is 4.57. The van der Waals surface area contributed by atoms with Crippen molar-refractivity contribution in [1.82, 2.24) is 5.32 Å². The van der Waals surface area contributed by atoms with Crippen LogP contribution in [0.5, 0.6) is 17.2 Å². The van der Waals surface area contributed by atoms with Crippen LogP contribution in [0, 0.1) is 11.8 Å². The number of benzene rings is 1. The summed E-state index contributed by atoms with van der Waals surface area (Å²) in [5.74, 6) is 4.10. The van der Waals surface area contributed by atoms with Crippen molar-refractivity contribution in [2.45, 2.75) is 38.3 Å². The SMILES string of the molecule is COc1cc(OC)c(OC)cc1CNC(C1CC1)C1CC1. The van der Waals surface area contributed by atoms with Gasteiger partial charge in [0, 0.05) is 24.2 Å². The molecule has 0 heterocycles. The highest BCUT2D eigenvalue weighted by atomic mass is 16.5. The van der Waals surface area contributed by atoms with Gasteiger partial charge in [-0.2, -0.15) is 0 Å². The maximum atomic E-state index is 5.50. The molecule has 0 radical (unpaired) electrons. The smallest absolute Gasteiger partial charge is 0.164 e. The molecule has 1 N–H and O–H groups in total. The Balaban J connectivity index is 1.73. The molecule has 0 bridgehead atoms. The number of hydrogen-bond acceptors (Lipinski definition) is 4. The largest absolute Gasteiger partial charge is 0.496 e. The lowest BCUT2D eigenvalue weighted by molar-refractivity contribution is 0.345. The summed E-state index contributed by atoms with van der Waals surface area (Å²) in [6.07, 6.45) is 5.54. The fourth-order valence-electron chi connectivity index (χ4n) is 3.09. The van der Waals surface area contributed by atoms with Crippen molar-refractivity contribution in [3.05, 3.63) is 17.7 Å². The molecule has 2 aliphatic carbocycles. The van der Waals surface area contributed by atoms with Crippen molar-refractivity contribution in [3.8, 4) is 17.2 Å². The van der Waals surface area contributed by atoms with Gasteiger partial charge >= 0.3 is 0 Å². The van der Waals surface area contributed by atoms with Crippen molar-refractivity contribution in [3.63, 3.8) is 0 Å². The number of ether oxygens (including phenoxy) is 3. The van der Waals surface area contributed by atoms with Gasteiger partial charge < -0.3 is 19.5 Å². The molecular weight excluding hydrogens is 266 g/mol. The van der Waals surface area contributed by atoms with Gasteiger partial charge in [0.15, 0.2) is 11.5 Å². The third-order valence-electron chi connectivity index (χ3n) is 4.57. The van der Waals surface area contributed by atoms with E-state index in [0.29, 0.717) is 11.8 Å². The molecule has 1 aromatic carbocycles. The van der Waals surface area contributed by atoms with Gasteiger partial charge in [-0.3, -0.25) is 0 Å². The van der Waals surface area contributed by atoms with E-state index in [0.717, 1.165) is 35.4 Å². The minimum atomic E-state index is 0.683. The highest BCUT2D eigenvalue weighted by Crippen LogP contribution is 2.45. The maximum Gasteiger partial charge on any atom is 0.164 e. The average Bonchev–Trinajstić information content (AvgIpc) is 3.39. The summed E-state index contributed by atoms with van der Waals surface area (Å²) in [6.45, 7) is 0.821. The molecule has 0 atom stereocenters. The second-order valence-corrected chi connectivity index (χ2v) is 6.10. The molecule has 4 heteroatoms. The number of methoxy groups -OCH3 is 3. The molecule has 4 nitrogen and oxygen atoms in total. The van der Waals surface area contributed by atoms with E-state index in [-0.39, 0.29) is 0 Å². The Bertz CT molecular complexity index is 483. The standard InChI is InChI=1S/C17H25NO3/c1-19-14-9-16(21-3)15(20-2)8-13(14)10-18-17(11-4-5-11)12-6-7-12/h8-9,11-12,17-18H,4-7,10H2,1-3H3. The summed E-state index contributed by atoms with van der Waals surface area (Å²) in [4.78, 5) is 0. The van der Waals surface area contributed by atoms with Crippen LogP contribution in [0.4, 0.5) is 0 Å². The summed E-state index contributed by atoms with van der Waals surface area (Å²) >= 11 is 0. The van der Waals surface area contributed by atoms with Gasteiger partial charge in [0.25, 0.3) is 0 Å². The Morgan fingerprint density at radius 2 is 1.43 bits per heavy atom. The molecule has 0 aliphatic heterocycles. The van der Waals surface area contributed by atoms with Gasteiger partial charge in [-0.05, 0) is 43.6 Å². The predicted octanol–water partition coefficient (Wildman–Crippen LogP) is 2.99. The van der Waals surface area contributed by atoms with Gasteiger partial charge in [-0.25, -0.2) is 0 Å². The first-order chi connectivity index (χ1) is 10.3. The van der Waals surface area contributed by atoms with Gasteiger partial charge in [-0.1, -0.05) is 0 Å². The van der Waals surface area contributed by atoms with E-state index in [2.05, 4.69) is 5.32 Å². The zero-order chi connectivity index (χ0) is 14.8. The van der Waals surface area contributed by atoms with E-state index in [1.54, 1.807) is 21.3 Å². The number of rotatable bonds is 8. The van der Waals surface area contributed by atoms with Crippen molar-refractivity contribution in [2.24, 2.45) is 11.8 Å². The van der Waals surface area contributed by atoms with Crippen LogP contribution in [-0.4, -0.2) is 27.4 Å². The highest BCUT2D eigenvalue weighted by molar-refractivity contribution is 5.50. The fraction of sp³-hybridized carbons (Fsp3) is 0.647. The van der Waals surface area contributed by atoms with Crippen LogP contribution in [0.15, 0.2) is 12.1 Å². The lowest BCUT2D eigenvalue weighted by Crippen LogP contribution is -2.32. The Labute approximate surface area is 126 Å². The molecule has 116 valence electrons. The molecule has 1 aromatic rings. The van der Waals surface area contributed by atoms with E-state index in [4.69, 9.17) is 14.2 Å². The van der Waals surface area contributed by atoms with Gasteiger partial charge in [0.2, 0.25) is 0 Å². The summed E-state index contributed by atoms with van der Waals surface area (Å²) in [5, 5.41) is 3.75. The zero-order valence-corrected chi connectivity index (χ0v) is 13.1. The van der Waals surface area contributed by atoms with Gasteiger partial charge in [0.05, 0.1) is 21.3 Å². The summed E-state index contributed by atoms with van der Waals surface area (Å²) in [7, 11) is 5.01. The van der Waals surface area contributed by atoms with E-state index < -0.39 is 0 Å². The van der Waals surface area contributed by atoms with E-state index in [9.17, 15) is 0 Å². The fourth-order valence-corrected chi connectivity index (χ4v) is 3.09. The molecule has 3 rings (SSSR count). The second kappa shape index (κ2) is 6.14. The molecule has 0 spiro atoms. The van der Waals surface area contributed by atoms with Crippen LogP contribution in [0.1, 0.15) is 31.2 Å². The van der Waals surface area contributed by atoms with Crippen LogP contribution >= 0.6 is 0 Å². The minimum absolute atomic E-state index is 0.683. The first kappa shape index (κ1) is 14.5. The van der Waals surface area contributed by atoms with Crippen LogP contribution in [0.25, 0.3) is 0 Å². The van der Waals surface area contributed by atoms with Crippen LogP contribution in [0.2, 0.25) is 0 Å². The summed E-state index contributed by atoms with van der Waals surface area (Å²) in [6, 6.07) is 4.60. The molecular formula is C17H25NO3. The summed E-state index contributed by atoms with van der Waals surface area (Å²) < 4.78 is 16.2. The average molecular weight is 291 g/mol. The molecule has 21 heavy (non-hydrogen) atoms. The molecule has 0 unspecified atom stereocenters. The zero-order valence-electron chi connectivity index (χ0n) is 13.1. The number of hydrogen-bond donors (Lipinski definition) is 1. The van der Waals surface area contributed by atoms with Crippen molar-refractivity contribution in [1.29, 1.82) is 0 Å². The van der Waals surface area contributed by atoms with Crippen LogP contribution in [0.3, 0.4) is 0 Å². The normalized spacial score (nSPS) is 17.9. The Morgan fingerprint density at radius 1 is 0.905 bits per heavy atom. The van der Waals surface area contributed by atoms with E-state index in [1.807, 2.05) is 12.1 Å². The number of nitrogens with one attached hydrogen (secondary N) is 1. The molecule has 0 amide bonds. The quantitative estimate of drug-likeness (QED) is 0.799. The highest BCUT2D eigenvalue weighted by Gasteiger charge is 2.41. The van der Waals surface area contributed by atoms with Crippen molar-refractivity contribution in [2.75, 3.05) is 21.3 Å². The first-order valence-corrected chi connectivity index (χ1v) is 7.79. The Morgan fingerprint density at radius 3 is 1.90 bits per heavy atom. The molecule has 0 saturated heterocycles. The maximum absolute atomic E-state index is 5.50. The third kappa shape index (κ3) is 3.26. The molecule has 2 aliphatic rings. The molecule has 2 saturated carbocycles. The lowest BCUT2D eigenvalue weighted by Gasteiger charge is -2.20. The molecule has 2 fully saturated rings. The summed E-state index contributed by atoms with van der Waals surface area (Å²) in [5.41, 5.74) is 1.13. The minimum Gasteiger partial charge on any atom is -0.496 e. The second-order valence-electron chi connectivity index (χ2n) is 6.10. The lowest BCUT2D eigenvalue weighted by atomic mass is 10.1. The van der Waals surface area contributed by atoms with Crippen LogP contribution in [-0.2, 0) is 6.54 Å². The predicted molar refractivity (Wildman–Crippen MR) is 82.2 cm³/mol. The van der Waals surface area contributed by atoms with Crippen molar-refractivity contribution >= 4 is 0 Å². The van der Waals surface area contributed by atoms with Gasteiger partial charge in [0.1, 0.15) is 5.75 Å². The van der Waals surface area contributed by atoms with Gasteiger partial charge in [-0.15, -0.1) is 0 Å². The van der Waals surface area contributed by atoms with Crippen LogP contribution < -0.4 is 19.5 Å². The topological polar surface area (TPSA) is 39.7 Å². The van der Waals surface area contributed by atoms with E-state index in [1.165, 1.54) is 25.7 Å². The Hall–Kier alpha value is -1.42. The monoisotopic (exact) mass is 291 g/mol.